The third kappa shape index (κ3) is 7.84. The van der Waals surface area contributed by atoms with Crippen LogP contribution in [-0.4, -0.2) is 12.2 Å². The van der Waals surface area contributed by atoms with Gasteiger partial charge in [-0.2, -0.15) is 0 Å². The average molecular weight is 543 g/mol. The minimum absolute atomic E-state index is 0.103. The molecular weight excluding hydrogens is 502 g/mol. The molecule has 0 spiro atoms. The van der Waals surface area contributed by atoms with Crippen LogP contribution in [-0.2, 0) is 9.05 Å². The fourth-order valence-corrected chi connectivity index (χ4v) is 8.69. The first-order chi connectivity index (χ1) is 18.7. The first-order valence-corrected chi connectivity index (χ1v) is 16.4. The molecule has 198 valence electrons. The molecule has 0 heterocycles. The van der Waals surface area contributed by atoms with Gasteiger partial charge in [-0.1, -0.05) is 155 Å². The van der Waals surface area contributed by atoms with Gasteiger partial charge in [0.1, 0.15) is 0 Å². The Balaban J connectivity index is 1.63. The lowest BCUT2D eigenvalue weighted by atomic mass is 9.92. The van der Waals surface area contributed by atoms with Crippen molar-refractivity contribution in [3.8, 4) is 0 Å². The number of benzene rings is 4. The monoisotopic (exact) mass is 542 g/mol. The van der Waals surface area contributed by atoms with Crippen molar-refractivity contribution in [2.24, 2.45) is 5.92 Å². The van der Waals surface area contributed by atoms with Gasteiger partial charge in [-0.15, -0.1) is 0 Å². The van der Waals surface area contributed by atoms with Crippen LogP contribution in [0.5, 0.6) is 0 Å². The number of hydrogen-bond acceptors (Lipinski definition) is 2. The average Bonchev–Trinajstić information content (AvgIpc) is 2.99. The summed E-state index contributed by atoms with van der Waals surface area (Å²) in [5, 5.41) is 5.02. The van der Waals surface area contributed by atoms with Gasteiger partial charge in [0.2, 0.25) is 0 Å². The summed E-state index contributed by atoms with van der Waals surface area (Å²) in [6.45, 7) is 6.85. The second kappa shape index (κ2) is 15.3. The summed E-state index contributed by atoms with van der Waals surface area (Å²) in [5.74, 6) is 0.254. The van der Waals surface area contributed by atoms with Gasteiger partial charge in [0.15, 0.2) is 0 Å². The summed E-state index contributed by atoms with van der Waals surface area (Å²) in [5.41, 5.74) is 0. The van der Waals surface area contributed by atoms with E-state index in [1.54, 1.807) is 0 Å². The van der Waals surface area contributed by atoms with Crippen LogP contribution in [0.25, 0.3) is 0 Å². The maximum atomic E-state index is 7.14. The molecule has 2 nitrogen and oxygen atoms in total. The van der Waals surface area contributed by atoms with Crippen LogP contribution >= 0.6 is 16.3 Å². The van der Waals surface area contributed by atoms with Crippen LogP contribution in [0.3, 0.4) is 0 Å². The SMILES string of the molecule is CCCC(OP(c1ccccc1)c1ccccc1)C(C)C(CCC)OP(c1ccccc1)c1ccccc1. The number of hydrogen-bond donors (Lipinski definition) is 0. The summed E-state index contributed by atoms with van der Waals surface area (Å²) in [4.78, 5) is 0. The van der Waals surface area contributed by atoms with Gasteiger partial charge in [0.25, 0.3) is 0 Å². The van der Waals surface area contributed by atoms with E-state index in [0.717, 1.165) is 25.7 Å². The zero-order valence-corrected chi connectivity index (χ0v) is 24.6. The highest BCUT2D eigenvalue weighted by molar-refractivity contribution is 7.68. The molecule has 4 aromatic rings. The molecule has 4 aromatic carbocycles. The van der Waals surface area contributed by atoms with E-state index in [4.69, 9.17) is 9.05 Å². The fourth-order valence-electron chi connectivity index (χ4n) is 4.70. The Bertz CT molecular complexity index is 998. The van der Waals surface area contributed by atoms with E-state index >= 15 is 0 Å². The first kappa shape index (κ1) is 28.7. The molecule has 0 N–H and O–H groups in total. The maximum absolute atomic E-state index is 7.14. The molecule has 0 amide bonds. The summed E-state index contributed by atoms with van der Waals surface area (Å²) >= 11 is 0. The van der Waals surface area contributed by atoms with Crippen LogP contribution in [0.15, 0.2) is 121 Å². The minimum atomic E-state index is -0.927. The zero-order valence-electron chi connectivity index (χ0n) is 22.8. The molecule has 2 unspecified atom stereocenters. The molecule has 0 aliphatic rings. The highest BCUT2D eigenvalue weighted by atomic mass is 31.1. The van der Waals surface area contributed by atoms with Gasteiger partial charge in [0.05, 0.1) is 28.5 Å². The van der Waals surface area contributed by atoms with Crippen LogP contribution in [0.2, 0.25) is 0 Å². The van der Waals surface area contributed by atoms with Gasteiger partial charge in [0, 0.05) is 27.1 Å². The zero-order chi connectivity index (χ0) is 26.6. The van der Waals surface area contributed by atoms with Crippen LogP contribution in [0, 0.1) is 5.92 Å². The lowest BCUT2D eigenvalue weighted by molar-refractivity contribution is 0.0569. The lowest BCUT2D eigenvalue weighted by Crippen LogP contribution is -2.35. The van der Waals surface area contributed by atoms with Gasteiger partial charge in [-0.05, 0) is 12.8 Å². The predicted octanol–water partition coefficient (Wildman–Crippen LogP) is 8.09. The van der Waals surface area contributed by atoms with Gasteiger partial charge >= 0.3 is 0 Å². The van der Waals surface area contributed by atoms with Crippen molar-refractivity contribution in [2.45, 2.75) is 58.7 Å². The van der Waals surface area contributed by atoms with Crippen molar-refractivity contribution in [2.75, 3.05) is 0 Å². The van der Waals surface area contributed by atoms with Gasteiger partial charge in [-0.25, -0.2) is 0 Å². The van der Waals surface area contributed by atoms with Crippen LogP contribution < -0.4 is 21.2 Å². The molecule has 0 bridgehead atoms. The molecule has 0 saturated heterocycles. The van der Waals surface area contributed by atoms with E-state index in [1.165, 1.54) is 21.2 Å². The van der Waals surface area contributed by atoms with Crippen LogP contribution in [0.1, 0.15) is 46.5 Å². The molecule has 2 atom stereocenters. The van der Waals surface area contributed by atoms with Crippen molar-refractivity contribution in [1.82, 2.24) is 0 Å². The topological polar surface area (TPSA) is 18.5 Å². The quantitative estimate of drug-likeness (QED) is 0.150. The van der Waals surface area contributed by atoms with Crippen molar-refractivity contribution in [1.29, 1.82) is 0 Å². The Hall–Kier alpha value is -2.34. The Labute approximate surface area is 232 Å². The first-order valence-electron chi connectivity index (χ1n) is 13.8. The van der Waals surface area contributed by atoms with Crippen molar-refractivity contribution in [3.05, 3.63) is 121 Å². The Kier molecular flexibility index (Phi) is 11.5. The van der Waals surface area contributed by atoms with Crippen LogP contribution in [0.4, 0.5) is 0 Å². The summed E-state index contributed by atoms with van der Waals surface area (Å²) in [7, 11) is -1.85. The molecule has 0 aliphatic heterocycles. The Morgan fingerprint density at radius 1 is 0.474 bits per heavy atom. The summed E-state index contributed by atoms with van der Waals surface area (Å²) in [6.07, 6.45) is 4.38. The Morgan fingerprint density at radius 3 is 0.974 bits per heavy atom. The Morgan fingerprint density at radius 2 is 0.737 bits per heavy atom. The smallest absolute Gasteiger partial charge is 0.0921 e. The molecule has 4 rings (SSSR count). The molecule has 0 aromatic heterocycles. The maximum Gasteiger partial charge on any atom is 0.0921 e. The second-order valence-electron chi connectivity index (χ2n) is 9.66. The van der Waals surface area contributed by atoms with E-state index in [1.807, 2.05) is 0 Å². The summed E-state index contributed by atoms with van der Waals surface area (Å²) in [6, 6.07) is 42.9. The van der Waals surface area contributed by atoms with E-state index in [-0.39, 0.29) is 18.1 Å². The summed E-state index contributed by atoms with van der Waals surface area (Å²) < 4.78 is 14.3. The standard InChI is InChI=1S/C34H40O2P2/c1-4-18-33(35-37(29-20-10-6-11-21-29)30-22-12-7-13-23-30)28(3)34(19-5-2)36-38(31-24-14-8-15-25-31)32-26-16-9-17-27-32/h6-17,20-28,33-34H,4-5,18-19H2,1-3H3. The van der Waals surface area contributed by atoms with E-state index < -0.39 is 16.3 Å². The molecule has 0 saturated carbocycles. The molecule has 0 aliphatic carbocycles. The molecule has 0 fully saturated rings. The predicted molar refractivity (Wildman–Crippen MR) is 167 cm³/mol. The highest BCUT2D eigenvalue weighted by Gasteiger charge is 2.32. The third-order valence-electron chi connectivity index (χ3n) is 6.76. The molecule has 38 heavy (non-hydrogen) atoms. The number of rotatable bonds is 14. The van der Waals surface area contributed by atoms with E-state index in [9.17, 15) is 0 Å². The molecule has 0 radical (unpaired) electrons. The fraction of sp³-hybridized carbons (Fsp3) is 0.294. The van der Waals surface area contributed by atoms with Gasteiger partial charge < -0.3 is 9.05 Å². The van der Waals surface area contributed by atoms with Gasteiger partial charge in [-0.3, -0.25) is 0 Å². The van der Waals surface area contributed by atoms with E-state index in [2.05, 4.69) is 142 Å². The highest BCUT2D eigenvalue weighted by Crippen LogP contribution is 2.43. The van der Waals surface area contributed by atoms with E-state index in [0.29, 0.717) is 0 Å². The second-order valence-corrected chi connectivity index (χ2v) is 13.3. The molecule has 4 heteroatoms. The lowest BCUT2D eigenvalue weighted by Gasteiger charge is -2.35. The largest absolute Gasteiger partial charge is 0.346 e. The van der Waals surface area contributed by atoms with Crippen molar-refractivity contribution >= 4 is 37.5 Å². The van der Waals surface area contributed by atoms with Crippen molar-refractivity contribution in [3.63, 3.8) is 0 Å². The molecular formula is C34H40O2P2. The third-order valence-corrected chi connectivity index (χ3v) is 10.8. The minimum Gasteiger partial charge on any atom is -0.346 e. The van der Waals surface area contributed by atoms with Crippen molar-refractivity contribution < 1.29 is 9.05 Å². The normalized spacial score (nSPS) is 13.9.